The second-order valence-electron chi connectivity index (χ2n) is 6.91. The molecule has 0 aliphatic carbocycles. The number of piperidine rings is 1. The van der Waals surface area contributed by atoms with Gasteiger partial charge in [-0.1, -0.05) is 6.07 Å². The molecular weight excluding hydrogens is 337 g/mol. The topological polar surface area (TPSA) is 66.5 Å². The molecule has 0 atom stereocenters. The normalized spacial score (nSPS) is 16.6. The van der Waals surface area contributed by atoms with Crippen LogP contribution in [-0.2, 0) is 10.9 Å². The predicted molar refractivity (Wildman–Crippen MR) is 87.0 cm³/mol. The smallest absolute Gasteiger partial charge is 0.433 e. The number of ether oxygens (including phenoxy) is 1. The molecule has 0 spiro atoms. The Morgan fingerprint density at radius 2 is 1.88 bits per heavy atom. The van der Waals surface area contributed by atoms with E-state index in [2.05, 4.69) is 15.8 Å². The van der Waals surface area contributed by atoms with Crippen LogP contribution in [-0.4, -0.2) is 35.8 Å². The summed E-state index contributed by atoms with van der Waals surface area (Å²) >= 11 is 0. The number of anilines is 1. The minimum Gasteiger partial charge on any atom is -0.443 e. The molecule has 6 nitrogen and oxygen atoms in total. The molecule has 1 aromatic heterocycles. The molecule has 2 rings (SSSR count). The van der Waals surface area contributed by atoms with Crippen LogP contribution in [0.5, 0.6) is 0 Å². The van der Waals surface area contributed by atoms with E-state index in [1.807, 2.05) is 0 Å². The number of amides is 1. The van der Waals surface area contributed by atoms with Gasteiger partial charge in [-0.05, 0) is 45.7 Å². The van der Waals surface area contributed by atoms with Crippen LogP contribution < -0.4 is 15.8 Å². The average Bonchev–Trinajstić information content (AvgIpc) is 2.51. The summed E-state index contributed by atoms with van der Waals surface area (Å²) in [7, 11) is 0. The number of pyridine rings is 1. The van der Waals surface area contributed by atoms with Crippen LogP contribution in [0.2, 0.25) is 0 Å². The molecule has 1 aliphatic heterocycles. The highest BCUT2D eigenvalue weighted by Crippen LogP contribution is 2.29. The van der Waals surface area contributed by atoms with Crippen LogP contribution in [0.3, 0.4) is 0 Å². The molecule has 1 fully saturated rings. The number of aromatic nitrogens is 1. The molecule has 2 heterocycles. The van der Waals surface area contributed by atoms with Crippen LogP contribution >= 0.6 is 0 Å². The van der Waals surface area contributed by atoms with E-state index in [4.69, 9.17) is 4.74 Å². The highest BCUT2D eigenvalue weighted by atomic mass is 19.4. The summed E-state index contributed by atoms with van der Waals surface area (Å²) in [6.07, 6.45) is -3.69. The van der Waals surface area contributed by atoms with Crippen molar-refractivity contribution in [1.82, 2.24) is 15.8 Å². The molecule has 0 aromatic carbocycles. The fourth-order valence-electron chi connectivity index (χ4n) is 2.47. The van der Waals surface area contributed by atoms with Crippen molar-refractivity contribution in [3.63, 3.8) is 0 Å². The first-order valence-electron chi connectivity index (χ1n) is 8.08. The van der Waals surface area contributed by atoms with Gasteiger partial charge in [-0.3, -0.25) is 5.43 Å². The van der Waals surface area contributed by atoms with Crippen molar-refractivity contribution in [3.05, 3.63) is 23.9 Å². The van der Waals surface area contributed by atoms with Gasteiger partial charge in [-0.15, -0.1) is 0 Å². The van der Waals surface area contributed by atoms with E-state index < -0.39 is 23.6 Å². The number of carbonyl (C=O) groups is 1. The molecule has 1 amide bonds. The first-order valence-corrected chi connectivity index (χ1v) is 8.08. The first-order chi connectivity index (χ1) is 11.5. The number of hydrogen-bond acceptors (Lipinski definition) is 5. The van der Waals surface area contributed by atoms with Gasteiger partial charge < -0.3 is 9.64 Å². The van der Waals surface area contributed by atoms with Crippen LogP contribution in [0.15, 0.2) is 18.2 Å². The maximum absolute atomic E-state index is 12.7. The lowest BCUT2D eigenvalue weighted by atomic mass is 10.1. The quantitative estimate of drug-likeness (QED) is 0.811. The first kappa shape index (κ1) is 19.3. The Morgan fingerprint density at radius 1 is 1.24 bits per heavy atom. The number of nitrogens with one attached hydrogen (secondary N) is 2. The molecule has 2 N–H and O–H groups in total. The van der Waals surface area contributed by atoms with Crippen molar-refractivity contribution in [2.75, 3.05) is 18.0 Å². The average molecular weight is 360 g/mol. The maximum atomic E-state index is 12.7. The summed E-state index contributed by atoms with van der Waals surface area (Å²) in [5, 5.41) is 0. The van der Waals surface area contributed by atoms with Gasteiger partial charge in [0.15, 0.2) is 0 Å². The van der Waals surface area contributed by atoms with E-state index in [9.17, 15) is 18.0 Å². The number of alkyl halides is 3. The molecule has 140 valence electrons. The van der Waals surface area contributed by atoms with Gasteiger partial charge in [0.1, 0.15) is 17.1 Å². The Morgan fingerprint density at radius 3 is 2.44 bits per heavy atom. The molecule has 0 radical (unpaired) electrons. The Bertz CT molecular complexity index is 594. The monoisotopic (exact) mass is 360 g/mol. The van der Waals surface area contributed by atoms with E-state index in [1.54, 1.807) is 31.7 Å². The van der Waals surface area contributed by atoms with Crippen molar-refractivity contribution in [2.45, 2.75) is 51.4 Å². The lowest BCUT2D eigenvalue weighted by Gasteiger charge is -2.33. The minimum absolute atomic E-state index is 0.0227. The van der Waals surface area contributed by atoms with Gasteiger partial charge in [0, 0.05) is 19.1 Å². The van der Waals surface area contributed by atoms with Crippen LogP contribution in [0.4, 0.5) is 23.8 Å². The molecular formula is C16H23F3N4O2. The zero-order chi connectivity index (χ0) is 18.7. The Balaban J connectivity index is 1.83. The SMILES string of the molecule is CC(C)(C)OC(=O)NNC1CCN(c2cccc(C(F)(F)F)n2)CC1. The van der Waals surface area contributed by atoms with Gasteiger partial charge in [0.2, 0.25) is 0 Å². The van der Waals surface area contributed by atoms with Crippen molar-refractivity contribution < 1.29 is 22.7 Å². The third-order valence-corrected chi connectivity index (χ3v) is 3.62. The molecule has 25 heavy (non-hydrogen) atoms. The fraction of sp³-hybridized carbons (Fsp3) is 0.625. The van der Waals surface area contributed by atoms with Crippen molar-refractivity contribution in [2.24, 2.45) is 0 Å². The number of nitrogens with zero attached hydrogens (tertiary/aromatic N) is 2. The Kier molecular flexibility index (Phi) is 5.76. The van der Waals surface area contributed by atoms with Gasteiger partial charge in [-0.2, -0.15) is 13.2 Å². The zero-order valence-electron chi connectivity index (χ0n) is 14.5. The van der Waals surface area contributed by atoms with Crippen LogP contribution in [0, 0.1) is 0 Å². The van der Waals surface area contributed by atoms with Gasteiger partial charge in [-0.25, -0.2) is 15.2 Å². The van der Waals surface area contributed by atoms with E-state index in [-0.39, 0.29) is 6.04 Å². The number of carbonyl (C=O) groups excluding carboxylic acids is 1. The van der Waals surface area contributed by atoms with Gasteiger partial charge >= 0.3 is 12.3 Å². The molecule has 1 aliphatic rings. The second kappa shape index (κ2) is 7.47. The molecule has 0 bridgehead atoms. The summed E-state index contributed by atoms with van der Waals surface area (Å²) in [4.78, 5) is 17.1. The largest absolute Gasteiger partial charge is 0.443 e. The summed E-state index contributed by atoms with van der Waals surface area (Å²) in [5.74, 6) is 0.313. The Labute approximate surface area is 144 Å². The third kappa shape index (κ3) is 6.08. The highest BCUT2D eigenvalue weighted by molar-refractivity contribution is 5.67. The predicted octanol–water partition coefficient (Wildman–Crippen LogP) is 3.10. The summed E-state index contributed by atoms with van der Waals surface area (Å²) in [5.41, 5.74) is 3.93. The number of hydrazine groups is 1. The van der Waals surface area contributed by atoms with Crippen molar-refractivity contribution >= 4 is 11.9 Å². The van der Waals surface area contributed by atoms with E-state index in [0.29, 0.717) is 31.7 Å². The summed E-state index contributed by atoms with van der Waals surface area (Å²) in [6.45, 7) is 6.40. The summed E-state index contributed by atoms with van der Waals surface area (Å²) < 4.78 is 43.4. The number of hydrogen-bond donors (Lipinski definition) is 2. The van der Waals surface area contributed by atoms with E-state index >= 15 is 0 Å². The van der Waals surface area contributed by atoms with Gasteiger partial charge in [0.05, 0.1) is 0 Å². The van der Waals surface area contributed by atoms with Gasteiger partial charge in [0.25, 0.3) is 0 Å². The lowest BCUT2D eigenvalue weighted by molar-refractivity contribution is -0.141. The number of rotatable bonds is 3. The van der Waals surface area contributed by atoms with E-state index in [0.717, 1.165) is 6.07 Å². The van der Waals surface area contributed by atoms with Crippen LogP contribution in [0.25, 0.3) is 0 Å². The standard InChI is InChI=1S/C16H23F3N4O2/c1-15(2,3)25-14(24)22-21-11-7-9-23(10-8-11)13-6-4-5-12(20-13)16(17,18)19/h4-6,11,21H,7-10H2,1-3H3,(H,22,24). The third-order valence-electron chi connectivity index (χ3n) is 3.62. The maximum Gasteiger partial charge on any atom is 0.433 e. The number of halogens is 3. The molecule has 9 heteroatoms. The highest BCUT2D eigenvalue weighted by Gasteiger charge is 2.33. The molecule has 1 saturated heterocycles. The summed E-state index contributed by atoms with van der Waals surface area (Å²) in [6, 6.07) is 3.92. The second-order valence-corrected chi connectivity index (χ2v) is 6.91. The van der Waals surface area contributed by atoms with Crippen molar-refractivity contribution in [1.29, 1.82) is 0 Å². The van der Waals surface area contributed by atoms with E-state index in [1.165, 1.54) is 6.07 Å². The lowest BCUT2D eigenvalue weighted by Crippen LogP contribution is -2.50. The zero-order valence-corrected chi connectivity index (χ0v) is 14.5. The molecule has 1 aromatic rings. The van der Waals surface area contributed by atoms with Crippen molar-refractivity contribution in [3.8, 4) is 0 Å². The molecule has 0 unspecified atom stereocenters. The fourth-order valence-corrected chi connectivity index (χ4v) is 2.47. The minimum atomic E-state index is -4.45. The Hall–Kier alpha value is -2.03. The van der Waals surface area contributed by atoms with Crippen LogP contribution in [0.1, 0.15) is 39.3 Å². The molecule has 0 saturated carbocycles.